The van der Waals surface area contributed by atoms with E-state index in [9.17, 15) is 0 Å². The molecule has 6 heteroatoms. The van der Waals surface area contributed by atoms with Crippen LogP contribution in [0, 0.1) is 6.92 Å². The Hall–Kier alpha value is -2.37. The van der Waals surface area contributed by atoms with Crippen molar-refractivity contribution in [3.63, 3.8) is 0 Å². The first-order chi connectivity index (χ1) is 9.58. The van der Waals surface area contributed by atoms with Crippen LogP contribution < -0.4 is 15.5 Å². The highest BCUT2D eigenvalue weighted by Crippen LogP contribution is 2.17. The van der Waals surface area contributed by atoms with Gasteiger partial charge in [-0.05, 0) is 31.5 Å². The summed E-state index contributed by atoms with van der Waals surface area (Å²) in [5.41, 5.74) is 2.15. The highest BCUT2D eigenvalue weighted by Gasteiger charge is 2.07. The van der Waals surface area contributed by atoms with Crippen molar-refractivity contribution in [3.8, 4) is 0 Å². The number of aromatic nitrogens is 3. The fourth-order valence-corrected chi connectivity index (χ4v) is 1.71. The van der Waals surface area contributed by atoms with Gasteiger partial charge in [-0.15, -0.1) is 0 Å². The molecule has 0 spiro atoms. The molecule has 0 amide bonds. The lowest BCUT2D eigenvalue weighted by atomic mass is 10.2. The standard InChI is InChI=1S/C14H20N6/c1-5-15-12-17-13(19-14(18-12)20(3)4)16-11-8-6-7-10(2)9-11/h6-9H,5H2,1-4H3,(H2,15,16,17,18,19). The number of hydrogen-bond acceptors (Lipinski definition) is 6. The molecule has 0 atom stereocenters. The lowest BCUT2D eigenvalue weighted by molar-refractivity contribution is 0.953. The molecule has 0 aliphatic rings. The number of benzene rings is 1. The van der Waals surface area contributed by atoms with Gasteiger partial charge < -0.3 is 15.5 Å². The molecule has 106 valence electrons. The van der Waals surface area contributed by atoms with Gasteiger partial charge in [0.05, 0.1) is 0 Å². The molecule has 2 N–H and O–H groups in total. The topological polar surface area (TPSA) is 66.0 Å². The number of rotatable bonds is 5. The van der Waals surface area contributed by atoms with Crippen LogP contribution in [0.25, 0.3) is 0 Å². The van der Waals surface area contributed by atoms with E-state index in [4.69, 9.17) is 0 Å². The van der Waals surface area contributed by atoms with Crippen molar-refractivity contribution in [1.82, 2.24) is 15.0 Å². The molecule has 6 nitrogen and oxygen atoms in total. The second-order valence-corrected chi connectivity index (χ2v) is 4.70. The average molecular weight is 272 g/mol. The van der Waals surface area contributed by atoms with Crippen molar-refractivity contribution in [2.24, 2.45) is 0 Å². The zero-order valence-electron chi connectivity index (χ0n) is 12.3. The third kappa shape index (κ3) is 3.57. The van der Waals surface area contributed by atoms with Crippen molar-refractivity contribution in [2.45, 2.75) is 13.8 Å². The number of anilines is 4. The van der Waals surface area contributed by atoms with E-state index in [0.29, 0.717) is 17.8 Å². The fourth-order valence-electron chi connectivity index (χ4n) is 1.71. The lowest BCUT2D eigenvalue weighted by Crippen LogP contribution is -2.16. The quantitative estimate of drug-likeness (QED) is 0.871. The monoisotopic (exact) mass is 272 g/mol. The molecular formula is C14H20N6. The minimum atomic E-state index is 0.533. The predicted molar refractivity (Wildman–Crippen MR) is 82.8 cm³/mol. The van der Waals surface area contributed by atoms with Crippen molar-refractivity contribution < 1.29 is 0 Å². The summed E-state index contributed by atoms with van der Waals surface area (Å²) in [4.78, 5) is 14.9. The van der Waals surface area contributed by atoms with Crippen molar-refractivity contribution in [2.75, 3.05) is 36.2 Å². The van der Waals surface area contributed by atoms with Crippen molar-refractivity contribution in [1.29, 1.82) is 0 Å². The SMILES string of the molecule is CCNc1nc(Nc2cccc(C)c2)nc(N(C)C)n1. The normalized spacial score (nSPS) is 10.2. The molecule has 1 heterocycles. The molecule has 1 aromatic heterocycles. The summed E-state index contributed by atoms with van der Waals surface area (Å²) >= 11 is 0. The van der Waals surface area contributed by atoms with Gasteiger partial charge in [-0.1, -0.05) is 12.1 Å². The Labute approximate surface area is 119 Å². The maximum atomic E-state index is 4.39. The molecule has 1 aromatic carbocycles. The van der Waals surface area contributed by atoms with Gasteiger partial charge in [0.2, 0.25) is 17.8 Å². The second-order valence-electron chi connectivity index (χ2n) is 4.70. The molecule has 0 saturated carbocycles. The molecule has 0 saturated heterocycles. The Kier molecular flexibility index (Phi) is 4.34. The van der Waals surface area contributed by atoms with Crippen LogP contribution >= 0.6 is 0 Å². The van der Waals surface area contributed by atoms with Crippen LogP contribution in [0.5, 0.6) is 0 Å². The van der Waals surface area contributed by atoms with Gasteiger partial charge in [-0.2, -0.15) is 15.0 Å². The largest absolute Gasteiger partial charge is 0.354 e. The number of nitrogens with zero attached hydrogens (tertiary/aromatic N) is 4. The van der Waals surface area contributed by atoms with Crippen LogP contribution in [0.15, 0.2) is 24.3 Å². The Bertz CT molecular complexity index is 582. The van der Waals surface area contributed by atoms with Gasteiger partial charge in [0.25, 0.3) is 0 Å². The van der Waals surface area contributed by atoms with E-state index >= 15 is 0 Å². The summed E-state index contributed by atoms with van der Waals surface area (Å²) in [5.74, 6) is 1.72. The zero-order valence-corrected chi connectivity index (χ0v) is 12.3. The highest BCUT2D eigenvalue weighted by molar-refractivity contribution is 5.56. The minimum absolute atomic E-state index is 0.533. The van der Waals surface area contributed by atoms with Crippen LogP contribution in [0.4, 0.5) is 23.5 Å². The molecule has 0 aliphatic heterocycles. The molecule has 20 heavy (non-hydrogen) atoms. The van der Waals surface area contributed by atoms with Gasteiger partial charge in [0, 0.05) is 26.3 Å². The molecule has 0 aliphatic carbocycles. The van der Waals surface area contributed by atoms with Crippen LogP contribution in [-0.2, 0) is 0 Å². The lowest BCUT2D eigenvalue weighted by Gasteiger charge is -2.14. The average Bonchev–Trinajstić information content (AvgIpc) is 2.38. The van der Waals surface area contributed by atoms with E-state index in [1.165, 1.54) is 5.56 Å². The summed E-state index contributed by atoms with van der Waals surface area (Å²) in [6.45, 7) is 4.82. The molecule has 0 radical (unpaired) electrons. The van der Waals surface area contributed by atoms with E-state index in [1.54, 1.807) is 0 Å². The summed E-state index contributed by atoms with van der Waals surface area (Å²) in [5, 5.41) is 6.32. The summed E-state index contributed by atoms with van der Waals surface area (Å²) in [6, 6.07) is 8.08. The molecule has 0 unspecified atom stereocenters. The number of nitrogens with one attached hydrogen (secondary N) is 2. The van der Waals surface area contributed by atoms with E-state index in [1.807, 2.05) is 57.1 Å². The predicted octanol–water partition coefficient (Wildman–Crippen LogP) is 2.42. The van der Waals surface area contributed by atoms with E-state index in [2.05, 4.69) is 25.6 Å². The molecule has 0 fully saturated rings. The third-order valence-corrected chi connectivity index (χ3v) is 2.63. The minimum Gasteiger partial charge on any atom is -0.354 e. The highest BCUT2D eigenvalue weighted by atomic mass is 15.3. The van der Waals surface area contributed by atoms with Gasteiger partial charge in [0.15, 0.2) is 0 Å². The third-order valence-electron chi connectivity index (χ3n) is 2.63. The first kappa shape index (κ1) is 14.0. The van der Waals surface area contributed by atoms with Gasteiger partial charge in [0.1, 0.15) is 0 Å². The Morgan fingerprint density at radius 1 is 1.10 bits per heavy atom. The van der Waals surface area contributed by atoms with E-state index in [-0.39, 0.29) is 0 Å². The maximum Gasteiger partial charge on any atom is 0.233 e. The van der Waals surface area contributed by atoms with Gasteiger partial charge >= 0.3 is 0 Å². The summed E-state index contributed by atoms with van der Waals surface area (Å²) < 4.78 is 0. The molecule has 2 rings (SSSR count). The first-order valence-electron chi connectivity index (χ1n) is 6.59. The van der Waals surface area contributed by atoms with Crippen LogP contribution in [-0.4, -0.2) is 35.6 Å². The Balaban J connectivity index is 2.30. The van der Waals surface area contributed by atoms with Crippen LogP contribution in [0.1, 0.15) is 12.5 Å². The van der Waals surface area contributed by atoms with Crippen LogP contribution in [0.2, 0.25) is 0 Å². The molecule has 0 bridgehead atoms. The van der Waals surface area contributed by atoms with Crippen molar-refractivity contribution >= 4 is 23.5 Å². The molecular weight excluding hydrogens is 252 g/mol. The van der Waals surface area contributed by atoms with Gasteiger partial charge in [-0.3, -0.25) is 0 Å². The Morgan fingerprint density at radius 3 is 2.50 bits per heavy atom. The smallest absolute Gasteiger partial charge is 0.233 e. The van der Waals surface area contributed by atoms with Gasteiger partial charge in [-0.25, -0.2) is 0 Å². The summed E-state index contributed by atoms with van der Waals surface area (Å²) in [6.07, 6.45) is 0. The first-order valence-corrected chi connectivity index (χ1v) is 6.59. The number of aryl methyl sites for hydroxylation is 1. The fraction of sp³-hybridized carbons (Fsp3) is 0.357. The summed E-state index contributed by atoms with van der Waals surface area (Å²) in [7, 11) is 3.81. The zero-order chi connectivity index (χ0) is 14.5. The molecule has 2 aromatic rings. The number of hydrogen-bond donors (Lipinski definition) is 2. The van der Waals surface area contributed by atoms with E-state index in [0.717, 1.165) is 12.2 Å². The van der Waals surface area contributed by atoms with E-state index < -0.39 is 0 Å². The Morgan fingerprint density at radius 2 is 1.85 bits per heavy atom. The van der Waals surface area contributed by atoms with Crippen molar-refractivity contribution in [3.05, 3.63) is 29.8 Å². The van der Waals surface area contributed by atoms with Crippen LogP contribution in [0.3, 0.4) is 0 Å². The second kappa shape index (κ2) is 6.18. The maximum absolute atomic E-state index is 4.39.